The zero-order valence-corrected chi connectivity index (χ0v) is 25.1. The minimum Gasteiger partial charge on any atom is -0.481 e. The lowest BCUT2D eigenvalue weighted by Gasteiger charge is -2.15. The molecule has 0 radical (unpaired) electrons. The van der Waals surface area contributed by atoms with Crippen LogP contribution in [-0.4, -0.2) is 57.7 Å². The third kappa shape index (κ3) is 9.13. The van der Waals surface area contributed by atoms with E-state index in [9.17, 15) is 36.3 Å². The number of hydrogen-bond donors (Lipinski definition) is 3. The van der Waals surface area contributed by atoms with Gasteiger partial charge in [0.1, 0.15) is 8.42 Å². The van der Waals surface area contributed by atoms with Crippen LogP contribution in [0.15, 0.2) is 56.9 Å². The fourth-order valence-corrected chi connectivity index (χ4v) is 8.63. The molecule has 210 valence electrons. The average molecular weight is 651 g/mol. The highest BCUT2D eigenvalue weighted by molar-refractivity contribution is 7.99. The van der Waals surface area contributed by atoms with E-state index in [1.54, 1.807) is 24.3 Å². The Bertz CT molecular complexity index is 1580. The first-order valence-electron chi connectivity index (χ1n) is 11.0. The van der Waals surface area contributed by atoms with Gasteiger partial charge in [-0.2, -0.15) is 0 Å². The van der Waals surface area contributed by atoms with Gasteiger partial charge in [0.05, 0.1) is 23.1 Å². The van der Waals surface area contributed by atoms with E-state index in [1.807, 2.05) is 0 Å². The number of benzene rings is 1. The molecule has 39 heavy (non-hydrogen) atoms. The van der Waals surface area contributed by atoms with Crippen LogP contribution in [0, 0.1) is 0 Å². The van der Waals surface area contributed by atoms with Gasteiger partial charge in [-0.15, -0.1) is 34.4 Å². The quantitative estimate of drug-likeness (QED) is 0.237. The summed E-state index contributed by atoms with van der Waals surface area (Å²) in [5.74, 6) is -2.22. The number of amides is 1. The molecule has 0 aliphatic heterocycles. The number of Topliss-reactive ketones (excluding diaryl/α,β-unsaturated/α-hetero) is 1. The number of thioether (sulfide) groups is 1. The van der Waals surface area contributed by atoms with Crippen molar-refractivity contribution in [2.45, 2.75) is 33.2 Å². The number of carbonyl (C=O) groups excluding carboxylic acids is 2. The van der Waals surface area contributed by atoms with Gasteiger partial charge in [-0.25, -0.2) is 21.6 Å². The first kappa shape index (κ1) is 31.3. The molecule has 3 rings (SSSR count). The lowest BCUT2D eigenvalue weighted by Crippen LogP contribution is -2.43. The fourth-order valence-electron chi connectivity index (χ4n) is 3.10. The Morgan fingerprint density at radius 2 is 1.69 bits per heavy atom. The maximum atomic E-state index is 12.8. The van der Waals surface area contributed by atoms with Crippen LogP contribution in [0.1, 0.15) is 26.5 Å². The third-order valence-corrected chi connectivity index (χ3v) is 12.3. The molecule has 1 unspecified atom stereocenters. The monoisotopic (exact) mass is 650 g/mol. The van der Waals surface area contributed by atoms with Gasteiger partial charge in [0.2, 0.25) is 10.0 Å². The molecule has 1 amide bonds. The highest BCUT2D eigenvalue weighted by atomic mass is 35.5. The van der Waals surface area contributed by atoms with Crippen molar-refractivity contribution < 1.29 is 36.3 Å². The van der Waals surface area contributed by atoms with Crippen molar-refractivity contribution in [3.8, 4) is 0 Å². The maximum absolute atomic E-state index is 12.8. The van der Waals surface area contributed by atoms with Gasteiger partial charge < -0.3 is 10.4 Å². The predicted molar refractivity (Wildman–Crippen MR) is 152 cm³/mol. The molecule has 0 aliphatic rings. The highest BCUT2D eigenvalue weighted by Gasteiger charge is 2.26. The van der Waals surface area contributed by atoms with Crippen LogP contribution in [-0.2, 0) is 41.7 Å². The summed E-state index contributed by atoms with van der Waals surface area (Å²) < 4.78 is 50.9. The van der Waals surface area contributed by atoms with E-state index in [4.69, 9.17) is 11.6 Å². The third-order valence-electron chi connectivity index (χ3n) is 5.04. The van der Waals surface area contributed by atoms with E-state index in [2.05, 4.69) is 10.0 Å². The zero-order valence-electron chi connectivity index (χ0n) is 20.2. The summed E-state index contributed by atoms with van der Waals surface area (Å²) in [7, 11) is -7.44. The zero-order chi connectivity index (χ0) is 28.8. The van der Waals surface area contributed by atoms with Crippen LogP contribution in [0.2, 0.25) is 5.02 Å². The van der Waals surface area contributed by atoms with E-state index in [0.29, 0.717) is 27.0 Å². The van der Waals surface area contributed by atoms with E-state index in [1.165, 1.54) is 36.0 Å². The number of halogens is 1. The van der Waals surface area contributed by atoms with Crippen LogP contribution in [0.5, 0.6) is 0 Å². The number of ketones is 1. The molecule has 2 heterocycles. The molecular weight excluding hydrogens is 628 g/mol. The molecular formula is C23H23ClN2O8S5. The van der Waals surface area contributed by atoms with E-state index in [0.717, 1.165) is 23.2 Å². The molecule has 0 saturated heterocycles. The summed E-state index contributed by atoms with van der Waals surface area (Å²) in [5.41, 5.74) is 0.812. The number of sulfone groups is 1. The molecule has 16 heteroatoms. The van der Waals surface area contributed by atoms with Crippen molar-refractivity contribution in [1.82, 2.24) is 10.0 Å². The van der Waals surface area contributed by atoms with E-state index in [-0.39, 0.29) is 25.6 Å². The summed E-state index contributed by atoms with van der Waals surface area (Å²) in [6.07, 6.45) is 0.421. The minimum absolute atomic E-state index is 0.0298. The smallest absolute Gasteiger partial charge is 0.305 e. The van der Waals surface area contributed by atoms with Gasteiger partial charge in [0.25, 0.3) is 5.91 Å². The number of hydrogen-bond acceptors (Lipinski definition) is 10. The van der Waals surface area contributed by atoms with Crippen molar-refractivity contribution >= 4 is 83.6 Å². The minimum atomic E-state index is -4.03. The van der Waals surface area contributed by atoms with E-state index >= 15 is 0 Å². The Hall–Kier alpha value is -2.27. The molecule has 2 aromatic heterocycles. The van der Waals surface area contributed by atoms with Crippen molar-refractivity contribution in [3.05, 3.63) is 68.9 Å². The highest BCUT2D eigenvalue weighted by Crippen LogP contribution is 2.25. The Labute approximate surface area is 242 Å². The standard InChI is InChI=1S/C23H23ClN2O8S5/c1-38(31,32)21-8-6-15(36-21)11-25-39(33,34)22-9-7-19(37-22)23(30)26-17(10-20(28)29)18(27)13-35-12-14-4-2-3-5-16(14)24/h2-9,17,25H,10-13H2,1H3,(H,26,30)(H,28,29). The van der Waals surface area contributed by atoms with Gasteiger partial charge >= 0.3 is 5.97 Å². The van der Waals surface area contributed by atoms with Crippen molar-refractivity contribution in [2.24, 2.45) is 0 Å². The first-order valence-corrected chi connectivity index (χ1v) is 17.5. The molecule has 1 atom stereocenters. The van der Waals surface area contributed by atoms with Crippen LogP contribution in [0.3, 0.4) is 0 Å². The van der Waals surface area contributed by atoms with Crippen LogP contribution in [0.25, 0.3) is 0 Å². The summed E-state index contributed by atoms with van der Waals surface area (Å²) in [4.78, 5) is 37.2. The van der Waals surface area contributed by atoms with Crippen LogP contribution >= 0.6 is 46.0 Å². The molecule has 0 saturated carbocycles. The van der Waals surface area contributed by atoms with Crippen LogP contribution in [0.4, 0.5) is 0 Å². The maximum Gasteiger partial charge on any atom is 0.305 e. The topological polar surface area (TPSA) is 164 Å². The van der Waals surface area contributed by atoms with Gasteiger partial charge in [0, 0.05) is 28.5 Å². The second kappa shape index (κ2) is 13.4. The fraction of sp³-hybridized carbons (Fsp3) is 0.261. The average Bonchev–Trinajstić information content (AvgIpc) is 3.54. The van der Waals surface area contributed by atoms with Gasteiger partial charge in [-0.1, -0.05) is 29.8 Å². The largest absolute Gasteiger partial charge is 0.481 e. The van der Waals surface area contributed by atoms with Crippen molar-refractivity contribution in [1.29, 1.82) is 0 Å². The first-order chi connectivity index (χ1) is 18.3. The Balaban J connectivity index is 1.61. The Morgan fingerprint density at radius 3 is 2.33 bits per heavy atom. The lowest BCUT2D eigenvalue weighted by molar-refractivity contribution is -0.139. The number of carboxylic acids is 1. The van der Waals surface area contributed by atoms with Crippen molar-refractivity contribution in [2.75, 3.05) is 12.0 Å². The predicted octanol–water partition coefficient (Wildman–Crippen LogP) is 3.42. The van der Waals surface area contributed by atoms with Gasteiger partial charge in [-0.3, -0.25) is 14.4 Å². The number of rotatable bonds is 14. The number of carboxylic acid groups (broad SMARTS) is 1. The van der Waals surface area contributed by atoms with Gasteiger partial charge in [-0.05, 0) is 35.9 Å². The molecule has 3 aromatic rings. The van der Waals surface area contributed by atoms with Crippen molar-refractivity contribution in [3.63, 3.8) is 0 Å². The summed E-state index contributed by atoms with van der Waals surface area (Å²) in [5, 5.41) is 12.2. The number of thiophene rings is 2. The normalized spacial score (nSPS) is 12.7. The number of aliphatic carboxylic acids is 1. The summed E-state index contributed by atoms with van der Waals surface area (Å²) >= 11 is 8.92. The summed E-state index contributed by atoms with van der Waals surface area (Å²) in [6, 6.07) is 11.2. The second-order valence-electron chi connectivity index (χ2n) is 8.11. The molecule has 1 aromatic carbocycles. The SMILES string of the molecule is CS(=O)(=O)c1ccc(CNS(=O)(=O)c2ccc(C(=O)NC(CC(=O)O)C(=O)CSCc3ccccc3Cl)s2)s1. The number of sulfonamides is 1. The second-order valence-corrected chi connectivity index (χ2v) is 16.0. The van der Waals surface area contributed by atoms with Gasteiger partial charge in [0.15, 0.2) is 15.6 Å². The molecule has 0 fully saturated rings. The Kier molecular flexibility index (Phi) is 10.7. The number of carbonyl (C=O) groups is 3. The van der Waals surface area contributed by atoms with E-state index < -0.39 is 50.0 Å². The molecule has 0 spiro atoms. The molecule has 0 bridgehead atoms. The lowest BCUT2D eigenvalue weighted by atomic mass is 10.1. The summed E-state index contributed by atoms with van der Waals surface area (Å²) in [6.45, 7) is -0.150. The number of nitrogens with one attached hydrogen (secondary N) is 2. The molecule has 0 aliphatic carbocycles. The molecule has 3 N–H and O–H groups in total. The molecule has 10 nitrogen and oxygen atoms in total. The Morgan fingerprint density at radius 1 is 1.00 bits per heavy atom. The van der Waals surface area contributed by atoms with Crippen LogP contribution < -0.4 is 10.0 Å².